The van der Waals surface area contributed by atoms with Crippen LogP contribution in [0, 0.1) is 0 Å². The average molecular weight is 404 g/mol. The quantitative estimate of drug-likeness (QED) is 0.808. The molecule has 0 saturated carbocycles. The Balaban J connectivity index is 0.000000253. The number of hydrogen-bond donors (Lipinski definition) is 2. The Morgan fingerprint density at radius 1 is 0.963 bits per heavy atom. The first-order valence-electron chi connectivity index (χ1n) is 8.11. The van der Waals surface area contributed by atoms with E-state index in [0.29, 0.717) is 18.8 Å². The Morgan fingerprint density at radius 2 is 1.74 bits per heavy atom. The molecular weight excluding hydrogens is 388 g/mol. The summed E-state index contributed by atoms with van der Waals surface area (Å²) in [4.78, 5) is 42.6. The molecule has 2 aromatic rings. The van der Waals surface area contributed by atoms with Crippen molar-refractivity contribution in [3.05, 3.63) is 42.5 Å². The van der Waals surface area contributed by atoms with Gasteiger partial charge in [-0.25, -0.2) is 0 Å². The van der Waals surface area contributed by atoms with Crippen LogP contribution in [0.2, 0.25) is 0 Å². The monoisotopic (exact) mass is 404 g/mol. The summed E-state index contributed by atoms with van der Waals surface area (Å²) in [5, 5.41) is 5.82. The highest BCUT2D eigenvalue weighted by Gasteiger charge is 2.31. The van der Waals surface area contributed by atoms with E-state index in [0.717, 1.165) is 40.0 Å². The molecule has 2 aromatic carbocycles. The molecule has 1 atom stereocenters. The van der Waals surface area contributed by atoms with Crippen molar-refractivity contribution in [2.24, 2.45) is 0 Å². The number of fused-ring (bicyclic) bond motifs is 1. The molecule has 9 heteroatoms. The fourth-order valence-electron chi connectivity index (χ4n) is 2.44. The van der Waals surface area contributed by atoms with Gasteiger partial charge in [0.1, 0.15) is 5.75 Å². The summed E-state index contributed by atoms with van der Waals surface area (Å²) in [6.45, 7) is 0.413. The molecule has 2 heterocycles. The van der Waals surface area contributed by atoms with E-state index in [1.165, 1.54) is 0 Å². The number of hydrogen-bond acceptors (Lipinski definition) is 7. The van der Waals surface area contributed by atoms with Crippen molar-refractivity contribution in [2.45, 2.75) is 11.7 Å². The number of amides is 4. The lowest BCUT2D eigenvalue weighted by Gasteiger charge is -2.09. The Morgan fingerprint density at radius 3 is 2.33 bits per heavy atom. The normalized spacial score (nSPS) is 18.7. The Hall–Kier alpha value is -2.52. The lowest BCUT2D eigenvalue weighted by atomic mass is 10.1. The van der Waals surface area contributed by atoms with Gasteiger partial charge in [0.25, 0.3) is 10.5 Å². The van der Waals surface area contributed by atoms with Gasteiger partial charge in [0.05, 0.1) is 17.6 Å². The van der Waals surface area contributed by atoms with E-state index in [1.807, 2.05) is 42.5 Å². The van der Waals surface area contributed by atoms with Crippen molar-refractivity contribution in [1.82, 2.24) is 10.6 Å². The molecule has 4 rings (SSSR count). The third-order valence-corrected chi connectivity index (χ3v) is 5.53. The molecule has 2 fully saturated rings. The Kier molecular flexibility index (Phi) is 6.36. The van der Waals surface area contributed by atoms with Crippen LogP contribution in [0.3, 0.4) is 0 Å². The molecule has 1 unspecified atom stereocenters. The smallest absolute Gasteiger partial charge is 0.286 e. The zero-order valence-corrected chi connectivity index (χ0v) is 15.7. The van der Waals surface area contributed by atoms with Crippen LogP contribution in [-0.4, -0.2) is 39.9 Å². The maximum absolute atomic E-state index is 11.4. The fraction of sp³-hybridized carbons (Fsp3) is 0.222. The number of benzene rings is 2. The summed E-state index contributed by atoms with van der Waals surface area (Å²) in [6.07, 6.45) is 0.523. The molecule has 7 nitrogen and oxygen atoms in total. The van der Waals surface area contributed by atoms with E-state index in [9.17, 15) is 19.2 Å². The second-order valence-electron chi connectivity index (χ2n) is 5.65. The summed E-state index contributed by atoms with van der Waals surface area (Å²) >= 11 is 2.04. The summed E-state index contributed by atoms with van der Waals surface area (Å²) in [5.41, 5.74) is 0. The van der Waals surface area contributed by atoms with Crippen LogP contribution < -0.4 is 15.4 Å². The van der Waals surface area contributed by atoms with E-state index >= 15 is 0 Å². The van der Waals surface area contributed by atoms with Gasteiger partial charge in [0, 0.05) is 6.42 Å². The predicted octanol–water partition coefficient (Wildman–Crippen LogP) is 2.93. The maximum Gasteiger partial charge on any atom is 0.286 e. The van der Waals surface area contributed by atoms with Crippen molar-refractivity contribution in [3.63, 3.8) is 0 Å². The van der Waals surface area contributed by atoms with Crippen LogP contribution in [0.25, 0.3) is 10.8 Å². The Bertz CT molecular complexity index is 888. The molecule has 0 bridgehead atoms. The molecule has 2 N–H and O–H groups in total. The minimum Gasteiger partial charge on any atom is -0.494 e. The van der Waals surface area contributed by atoms with Gasteiger partial charge in [0.15, 0.2) is 0 Å². The van der Waals surface area contributed by atoms with Gasteiger partial charge in [-0.3, -0.25) is 29.8 Å². The molecule has 27 heavy (non-hydrogen) atoms. The number of imide groups is 2. The van der Waals surface area contributed by atoms with Crippen LogP contribution in [0.15, 0.2) is 42.5 Å². The van der Waals surface area contributed by atoms with Gasteiger partial charge >= 0.3 is 0 Å². The number of thioether (sulfide) groups is 2. The molecule has 0 aromatic heterocycles. The number of rotatable bonds is 4. The largest absolute Gasteiger partial charge is 0.494 e. The molecule has 2 saturated heterocycles. The molecule has 140 valence electrons. The molecule has 4 amide bonds. The highest BCUT2D eigenvalue weighted by molar-refractivity contribution is 8.15. The van der Waals surface area contributed by atoms with E-state index < -0.39 is 0 Å². The van der Waals surface area contributed by atoms with Gasteiger partial charge in [0.2, 0.25) is 11.8 Å². The van der Waals surface area contributed by atoms with E-state index in [4.69, 9.17) is 4.74 Å². The summed E-state index contributed by atoms with van der Waals surface area (Å²) in [7, 11) is 0. The van der Waals surface area contributed by atoms with Crippen LogP contribution in [0.5, 0.6) is 5.75 Å². The average Bonchev–Trinajstić information content (AvgIpc) is 3.18. The van der Waals surface area contributed by atoms with Crippen molar-refractivity contribution in [2.75, 3.05) is 12.4 Å². The van der Waals surface area contributed by atoms with Gasteiger partial charge in [-0.05, 0) is 22.9 Å². The molecule has 2 aliphatic heterocycles. The SMILES string of the molecule is O=C1CSC(=O)N1.O=C1NC(=O)C(CCOc2ccc3ccccc3c2)S1. The first-order valence-corrected chi connectivity index (χ1v) is 9.97. The molecular formula is C18H16N2O5S2. The van der Waals surface area contributed by atoms with Gasteiger partial charge in [-0.2, -0.15) is 0 Å². The summed E-state index contributed by atoms with van der Waals surface area (Å²) in [5.74, 6) is 0.661. The van der Waals surface area contributed by atoms with E-state index in [-0.39, 0.29) is 27.5 Å². The van der Waals surface area contributed by atoms with Crippen LogP contribution >= 0.6 is 23.5 Å². The topological polar surface area (TPSA) is 102 Å². The summed E-state index contributed by atoms with van der Waals surface area (Å²) < 4.78 is 5.65. The highest BCUT2D eigenvalue weighted by Crippen LogP contribution is 2.24. The zero-order chi connectivity index (χ0) is 19.2. The lowest BCUT2D eigenvalue weighted by molar-refractivity contribution is -0.119. The number of ether oxygens (including phenoxy) is 1. The second-order valence-corrected chi connectivity index (χ2v) is 7.78. The van der Waals surface area contributed by atoms with Crippen molar-refractivity contribution < 1.29 is 23.9 Å². The number of nitrogens with one attached hydrogen (secondary N) is 2. The van der Waals surface area contributed by atoms with E-state index in [2.05, 4.69) is 10.6 Å². The second kappa shape index (κ2) is 8.92. The minimum atomic E-state index is -0.331. The van der Waals surface area contributed by atoms with Gasteiger partial charge in [-0.1, -0.05) is 53.9 Å². The van der Waals surface area contributed by atoms with Gasteiger partial charge in [-0.15, -0.1) is 0 Å². The van der Waals surface area contributed by atoms with E-state index in [1.54, 1.807) is 0 Å². The van der Waals surface area contributed by atoms with Crippen LogP contribution in [-0.2, 0) is 9.59 Å². The predicted molar refractivity (Wildman–Crippen MR) is 105 cm³/mol. The Labute approximate surface area is 163 Å². The van der Waals surface area contributed by atoms with Crippen molar-refractivity contribution in [1.29, 1.82) is 0 Å². The van der Waals surface area contributed by atoms with Crippen LogP contribution in [0.1, 0.15) is 6.42 Å². The highest BCUT2D eigenvalue weighted by atomic mass is 32.2. The van der Waals surface area contributed by atoms with Gasteiger partial charge < -0.3 is 4.74 Å². The molecule has 0 aliphatic carbocycles. The lowest BCUT2D eigenvalue weighted by Crippen LogP contribution is -2.25. The number of carbonyl (C=O) groups excluding carboxylic acids is 4. The standard InChI is InChI=1S/C15H13NO3S.C3H3NO2S/c17-14-13(20-15(18)16-14)7-8-19-12-6-5-10-3-1-2-4-11(10)9-12;5-2-1-7-3(6)4-2/h1-6,9,13H,7-8H2,(H,16,17,18);1H2,(H,4,5,6). The third kappa shape index (κ3) is 5.48. The number of carbonyl (C=O) groups is 4. The summed E-state index contributed by atoms with van der Waals surface area (Å²) in [6, 6.07) is 13.9. The minimum absolute atomic E-state index is 0.185. The van der Waals surface area contributed by atoms with Crippen molar-refractivity contribution in [3.8, 4) is 5.75 Å². The molecule has 2 aliphatic rings. The zero-order valence-electron chi connectivity index (χ0n) is 14.1. The first-order chi connectivity index (χ1) is 13.0. The van der Waals surface area contributed by atoms with Crippen molar-refractivity contribution >= 4 is 56.6 Å². The molecule has 0 spiro atoms. The molecule has 0 radical (unpaired) electrons. The fourth-order valence-corrected chi connectivity index (χ4v) is 3.76. The maximum atomic E-state index is 11.4. The first kappa shape index (κ1) is 19.2. The van der Waals surface area contributed by atoms with Crippen LogP contribution in [0.4, 0.5) is 9.59 Å². The third-order valence-electron chi connectivity index (χ3n) is 3.71.